The van der Waals surface area contributed by atoms with Crippen LogP contribution in [0, 0.1) is 6.92 Å². The molecule has 0 atom stereocenters. The zero-order valence-electron chi connectivity index (χ0n) is 11.6. The van der Waals surface area contributed by atoms with Crippen molar-refractivity contribution in [2.75, 3.05) is 13.1 Å². The Morgan fingerprint density at radius 2 is 2.10 bits per heavy atom. The second kappa shape index (κ2) is 6.05. The maximum atomic E-state index is 5.73. The third kappa shape index (κ3) is 2.99. The molecule has 1 fully saturated rings. The van der Waals surface area contributed by atoms with Gasteiger partial charge in [-0.15, -0.1) is 0 Å². The van der Waals surface area contributed by atoms with Gasteiger partial charge in [-0.1, -0.05) is 23.4 Å². The lowest BCUT2D eigenvalue weighted by Crippen LogP contribution is -2.26. The van der Waals surface area contributed by atoms with Crippen LogP contribution < -0.4 is 10.1 Å². The van der Waals surface area contributed by atoms with Crippen molar-refractivity contribution in [3.63, 3.8) is 0 Å². The van der Waals surface area contributed by atoms with E-state index in [1.54, 1.807) is 0 Å². The van der Waals surface area contributed by atoms with Gasteiger partial charge >= 0.3 is 0 Å². The minimum Gasteiger partial charge on any atom is -0.485 e. The number of aromatic nitrogens is 2. The zero-order chi connectivity index (χ0) is 13.8. The first-order valence-electron chi connectivity index (χ1n) is 7.04. The highest BCUT2D eigenvalue weighted by Gasteiger charge is 2.21. The molecule has 1 aliphatic rings. The highest BCUT2D eigenvalue weighted by atomic mass is 16.5. The first kappa shape index (κ1) is 13.1. The van der Waals surface area contributed by atoms with Gasteiger partial charge in [-0.25, -0.2) is 0 Å². The van der Waals surface area contributed by atoms with E-state index in [-0.39, 0.29) is 0 Å². The second-order valence-corrected chi connectivity index (χ2v) is 5.13. The Balaban J connectivity index is 1.61. The highest BCUT2D eigenvalue weighted by molar-refractivity contribution is 5.31. The molecule has 1 saturated heterocycles. The third-order valence-electron chi connectivity index (χ3n) is 3.62. The van der Waals surface area contributed by atoms with Gasteiger partial charge in [-0.3, -0.25) is 0 Å². The average molecular weight is 273 g/mol. The van der Waals surface area contributed by atoms with Crippen molar-refractivity contribution in [3.05, 3.63) is 41.5 Å². The van der Waals surface area contributed by atoms with E-state index >= 15 is 0 Å². The van der Waals surface area contributed by atoms with Crippen LogP contribution in [0.5, 0.6) is 5.75 Å². The fraction of sp³-hybridized carbons (Fsp3) is 0.467. The molecule has 106 valence electrons. The van der Waals surface area contributed by atoms with Crippen LogP contribution in [0.2, 0.25) is 0 Å². The first-order valence-corrected chi connectivity index (χ1v) is 7.04. The minimum atomic E-state index is 0.347. The van der Waals surface area contributed by atoms with Gasteiger partial charge in [-0.2, -0.15) is 4.98 Å². The first-order chi connectivity index (χ1) is 9.83. The lowest BCUT2D eigenvalue weighted by molar-refractivity contribution is 0.279. The van der Waals surface area contributed by atoms with Gasteiger partial charge in [0.05, 0.1) is 0 Å². The number of ether oxygens (including phenoxy) is 1. The van der Waals surface area contributed by atoms with Gasteiger partial charge in [0.25, 0.3) is 0 Å². The third-order valence-corrected chi connectivity index (χ3v) is 3.62. The van der Waals surface area contributed by atoms with E-state index in [2.05, 4.69) is 15.5 Å². The molecular weight excluding hydrogens is 254 g/mol. The molecule has 1 N–H and O–H groups in total. The van der Waals surface area contributed by atoms with Crippen molar-refractivity contribution in [2.24, 2.45) is 0 Å². The predicted octanol–water partition coefficient (Wildman–Crippen LogP) is 2.42. The summed E-state index contributed by atoms with van der Waals surface area (Å²) in [5, 5.41) is 7.33. The Kier molecular flexibility index (Phi) is 3.97. The smallest absolute Gasteiger partial charge is 0.229 e. The molecular formula is C15H19N3O2. The van der Waals surface area contributed by atoms with E-state index < -0.39 is 0 Å². The molecule has 0 unspecified atom stereocenters. The summed E-state index contributed by atoms with van der Waals surface area (Å²) < 4.78 is 11.1. The number of piperidine rings is 1. The number of nitrogens with zero attached hydrogens (tertiary/aromatic N) is 2. The number of nitrogens with one attached hydrogen (secondary N) is 1. The molecule has 20 heavy (non-hydrogen) atoms. The Morgan fingerprint density at radius 3 is 2.90 bits per heavy atom. The number of hydrogen-bond acceptors (Lipinski definition) is 5. The fourth-order valence-corrected chi connectivity index (χ4v) is 2.42. The molecule has 0 spiro atoms. The number of rotatable bonds is 4. The quantitative estimate of drug-likeness (QED) is 0.927. The van der Waals surface area contributed by atoms with Crippen LogP contribution in [0.25, 0.3) is 0 Å². The van der Waals surface area contributed by atoms with Crippen LogP contribution in [0.3, 0.4) is 0 Å². The van der Waals surface area contributed by atoms with Crippen molar-refractivity contribution in [1.29, 1.82) is 0 Å². The molecule has 1 aromatic heterocycles. The SMILES string of the molecule is Cc1ccccc1OCc1noc(C2CCNCC2)n1. The van der Waals surface area contributed by atoms with Crippen LogP contribution in [-0.4, -0.2) is 23.2 Å². The zero-order valence-corrected chi connectivity index (χ0v) is 11.6. The molecule has 0 aliphatic carbocycles. The Bertz CT molecular complexity index is 562. The van der Waals surface area contributed by atoms with Crippen molar-refractivity contribution in [1.82, 2.24) is 15.5 Å². The van der Waals surface area contributed by atoms with Crippen LogP contribution in [-0.2, 0) is 6.61 Å². The van der Waals surface area contributed by atoms with E-state index in [9.17, 15) is 0 Å². The Morgan fingerprint density at radius 1 is 1.30 bits per heavy atom. The van der Waals surface area contributed by atoms with E-state index in [0.29, 0.717) is 18.3 Å². The summed E-state index contributed by atoms with van der Waals surface area (Å²) in [5.74, 6) is 2.60. The molecule has 0 amide bonds. The van der Waals surface area contributed by atoms with Gasteiger partial charge in [0, 0.05) is 5.92 Å². The average Bonchev–Trinajstić information content (AvgIpc) is 2.96. The summed E-state index contributed by atoms with van der Waals surface area (Å²) in [6, 6.07) is 7.92. The van der Waals surface area contributed by atoms with Crippen molar-refractivity contribution in [2.45, 2.75) is 32.3 Å². The van der Waals surface area contributed by atoms with E-state index in [1.165, 1.54) is 0 Å². The standard InChI is InChI=1S/C15H19N3O2/c1-11-4-2-3-5-13(11)19-10-14-17-15(20-18-14)12-6-8-16-9-7-12/h2-5,12,16H,6-10H2,1H3. The molecule has 2 aromatic rings. The minimum absolute atomic E-state index is 0.347. The van der Waals surface area contributed by atoms with Crippen LogP contribution in [0.1, 0.15) is 36.0 Å². The summed E-state index contributed by atoms with van der Waals surface area (Å²) in [4.78, 5) is 4.45. The molecule has 2 heterocycles. The Hall–Kier alpha value is -1.88. The van der Waals surface area contributed by atoms with E-state index in [4.69, 9.17) is 9.26 Å². The second-order valence-electron chi connectivity index (χ2n) is 5.13. The lowest BCUT2D eigenvalue weighted by Gasteiger charge is -2.18. The normalized spacial score (nSPS) is 16.2. The fourth-order valence-electron chi connectivity index (χ4n) is 2.42. The number of aryl methyl sites for hydroxylation is 1. The molecule has 1 aliphatic heterocycles. The molecule has 0 saturated carbocycles. The number of benzene rings is 1. The monoisotopic (exact) mass is 273 g/mol. The molecule has 1 aromatic carbocycles. The van der Waals surface area contributed by atoms with Gasteiger partial charge in [0.15, 0.2) is 6.61 Å². The summed E-state index contributed by atoms with van der Waals surface area (Å²) in [6.45, 7) is 4.40. The van der Waals surface area contributed by atoms with E-state index in [1.807, 2.05) is 31.2 Å². The molecule has 0 bridgehead atoms. The van der Waals surface area contributed by atoms with Crippen molar-refractivity contribution in [3.8, 4) is 5.75 Å². The summed E-state index contributed by atoms with van der Waals surface area (Å²) >= 11 is 0. The van der Waals surface area contributed by atoms with Gasteiger partial charge < -0.3 is 14.6 Å². The maximum Gasteiger partial charge on any atom is 0.229 e. The molecule has 5 heteroatoms. The summed E-state index contributed by atoms with van der Waals surface area (Å²) in [7, 11) is 0. The largest absolute Gasteiger partial charge is 0.485 e. The van der Waals surface area contributed by atoms with Crippen LogP contribution >= 0.6 is 0 Å². The number of hydrogen-bond donors (Lipinski definition) is 1. The van der Waals surface area contributed by atoms with Crippen molar-refractivity contribution >= 4 is 0 Å². The molecule has 3 rings (SSSR count). The van der Waals surface area contributed by atoms with Gasteiger partial charge in [-0.05, 0) is 44.5 Å². The number of para-hydroxylation sites is 1. The van der Waals surface area contributed by atoms with Crippen LogP contribution in [0.15, 0.2) is 28.8 Å². The van der Waals surface area contributed by atoms with Crippen LogP contribution in [0.4, 0.5) is 0 Å². The highest BCUT2D eigenvalue weighted by Crippen LogP contribution is 2.24. The summed E-state index contributed by atoms with van der Waals surface area (Å²) in [6.07, 6.45) is 2.11. The Labute approximate surface area is 118 Å². The predicted molar refractivity (Wildman–Crippen MR) is 74.7 cm³/mol. The van der Waals surface area contributed by atoms with Gasteiger partial charge in [0.1, 0.15) is 5.75 Å². The molecule has 0 radical (unpaired) electrons. The van der Waals surface area contributed by atoms with E-state index in [0.717, 1.165) is 43.1 Å². The lowest BCUT2D eigenvalue weighted by atomic mass is 9.98. The van der Waals surface area contributed by atoms with Crippen molar-refractivity contribution < 1.29 is 9.26 Å². The molecule has 5 nitrogen and oxygen atoms in total. The summed E-state index contributed by atoms with van der Waals surface area (Å²) in [5.41, 5.74) is 1.11. The van der Waals surface area contributed by atoms with Gasteiger partial charge in [0.2, 0.25) is 11.7 Å². The maximum absolute atomic E-state index is 5.73. The topological polar surface area (TPSA) is 60.2 Å².